The quantitative estimate of drug-likeness (QED) is 0.772. The molecular weight excluding hydrogens is 306 g/mol. The summed E-state index contributed by atoms with van der Waals surface area (Å²) in [6, 6.07) is 13.9. The Balaban J connectivity index is 1.73. The fourth-order valence-corrected chi connectivity index (χ4v) is 2.37. The zero-order valence-electron chi connectivity index (χ0n) is 13.4. The Morgan fingerprint density at radius 1 is 1.00 bits per heavy atom. The maximum absolute atomic E-state index is 12.4. The van der Waals surface area contributed by atoms with Crippen molar-refractivity contribution in [2.24, 2.45) is 0 Å². The summed E-state index contributed by atoms with van der Waals surface area (Å²) in [7, 11) is 0. The number of fused-ring (bicyclic) bond motifs is 1. The molecule has 7 nitrogen and oxygen atoms in total. The second-order valence-corrected chi connectivity index (χ2v) is 5.45. The average molecular weight is 323 g/mol. The van der Waals surface area contributed by atoms with Crippen LogP contribution in [0.3, 0.4) is 0 Å². The predicted octanol–water partition coefficient (Wildman–Crippen LogP) is 2.59. The summed E-state index contributed by atoms with van der Waals surface area (Å²) in [5.74, 6) is -0.337. The van der Waals surface area contributed by atoms with Crippen molar-refractivity contribution in [1.29, 1.82) is 0 Å². The first-order valence-electron chi connectivity index (χ1n) is 7.53. The van der Waals surface area contributed by atoms with Gasteiger partial charge in [0.25, 0.3) is 0 Å². The monoisotopic (exact) mass is 323 g/mol. The fourth-order valence-electron chi connectivity index (χ4n) is 2.37. The molecule has 1 heterocycles. The molecule has 122 valence electrons. The molecule has 0 radical (unpaired) electrons. The summed E-state index contributed by atoms with van der Waals surface area (Å²) in [6.07, 6.45) is 0. The molecule has 0 saturated carbocycles. The zero-order chi connectivity index (χ0) is 17.1. The maximum atomic E-state index is 12.4. The van der Waals surface area contributed by atoms with E-state index in [2.05, 4.69) is 20.9 Å². The third-order valence-electron chi connectivity index (χ3n) is 3.60. The minimum Gasteiger partial charge on any atom is -0.326 e. The number of amides is 2. The molecule has 0 aliphatic rings. The van der Waals surface area contributed by atoms with Gasteiger partial charge in [0.05, 0.1) is 5.52 Å². The Labute approximate surface area is 138 Å². The number of rotatable bonds is 4. The lowest BCUT2D eigenvalue weighted by Crippen LogP contribution is -2.24. The second kappa shape index (κ2) is 6.49. The van der Waals surface area contributed by atoms with Gasteiger partial charge in [-0.25, -0.2) is 4.68 Å². The Morgan fingerprint density at radius 2 is 1.62 bits per heavy atom. The van der Waals surface area contributed by atoms with E-state index >= 15 is 0 Å². The molecule has 3 aromatic rings. The van der Waals surface area contributed by atoms with Gasteiger partial charge in [-0.2, -0.15) is 0 Å². The molecule has 0 bridgehead atoms. The van der Waals surface area contributed by atoms with Crippen LogP contribution in [0.15, 0.2) is 48.5 Å². The largest absolute Gasteiger partial charge is 0.326 e. The van der Waals surface area contributed by atoms with E-state index < -0.39 is 6.04 Å². The second-order valence-electron chi connectivity index (χ2n) is 5.45. The smallest absolute Gasteiger partial charge is 0.249 e. The normalized spacial score (nSPS) is 11.9. The van der Waals surface area contributed by atoms with Crippen molar-refractivity contribution in [2.75, 3.05) is 10.6 Å². The molecule has 1 atom stereocenters. The van der Waals surface area contributed by atoms with Crippen molar-refractivity contribution in [1.82, 2.24) is 15.0 Å². The number of aromatic nitrogens is 3. The van der Waals surface area contributed by atoms with Crippen molar-refractivity contribution in [3.05, 3.63) is 48.5 Å². The van der Waals surface area contributed by atoms with Crippen LogP contribution in [-0.4, -0.2) is 26.8 Å². The van der Waals surface area contributed by atoms with E-state index in [1.165, 1.54) is 6.92 Å². The van der Waals surface area contributed by atoms with Gasteiger partial charge in [0.2, 0.25) is 11.8 Å². The number of nitrogens with one attached hydrogen (secondary N) is 2. The average Bonchev–Trinajstić information content (AvgIpc) is 2.99. The molecule has 2 aromatic carbocycles. The summed E-state index contributed by atoms with van der Waals surface area (Å²) in [4.78, 5) is 23.5. The van der Waals surface area contributed by atoms with Crippen LogP contribution in [0.25, 0.3) is 11.0 Å². The topological polar surface area (TPSA) is 88.9 Å². The highest BCUT2D eigenvalue weighted by Gasteiger charge is 2.18. The summed E-state index contributed by atoms with van der Waals surface area (Å²) in [5.41, 5.74) is 2.87. The Bertz CT molecular complexity index is 885. The van der Waals surface area contributed by atoms with Crippen molar-refractivity contribution in [3.63, 3.8) is 0 Å². The van der Waals surface area contributed by atoms with Crippen LogP contribution in [0.1, 0.15) is 19.9 Å². The summed E-state index contributed by atoms with van der Waals surface area (Å²) in [5, 5.41) is 13.6. The van der Waals surface area contributed by atoms with Crippen molar-refractivity contribution < 1.29 is 9.59 Å². The van der Waals surface area contributed by atoms with Crippen LogP contribution in [0.2, 0.25) is 0 Å². The molecule has 2 N–H and O–H groups in total. The zero-order valence-corrected chi connectivity index (χ0v) is 13.4. The van der Waals surface area contributed by atoms with E-state index in [0.717, 1.165) is 11.0 Å². The highest BCUT2D eigenvalue weighted by molar-refractivity contribution is 5.95. The van der Waals surface area contributed by atoms with Gasteiger partial charge < -0.3 is 10.6 Å². The summed E-state index contributed by atoms with van der Waals surface area (Å²) in [6.45, 7) is 3.21. The van der Waals surface area contributed by atoms with E-state index in [-0.39, 0.29) is 11.8 Å². The van der Waals surface area contributed by atoms with Gasteiger partial charge in [0.1, 0.15) is 11.6 Å². The highest BCUT2D eigenvalue weighted by Crippen LogP contribution is 2.18. The molecule has 0 saturated heterocycles. The molecule has 0 fully saturated rings. The van der Waals surface area contributed by atoms with Gasteiger partial charge in [-0.15, -0.1) is 5.10 Å². The van der Waals surface area contributed by atoms with Crippen LogP contribution in [0, 0.1) is 0 Å². The Morgan fingerprint density at radius 3 is 2.29 bits per heavy atom. The molecule has 1 unspecified atom stereocenters. The number of carbonyl (C=O) groups is 2. The minimum atomic E-state index is -0.507. The van der Waals surface area contributed by atoms with Gasteiger partial charge in [0.15, 0.2) is 0 Å². The predicted molar refractivity (Wildman–Crippen MR) is 91.6 cm³/mol. The van der Waals surface area contributed by atoms with Crippen molar-refractivity contribution in [3.8, 4) is 0 Å². The van der Waals surface area contributed by atoms with Gasteiger partial charge in [-0.05, 0) is 43.3 Å². The SMILES string of the molecule is CC(=O)Nc1ccc(NC(=O)C(C)n2nnc3ccccc32)cc1. The lowest BCUT2D eigenvalue weighted by Gasteiger charge is -2.13. The van der Waals surface area contributed by atoms with E-state index in [0.29, 0.717) is 11.4 Å². The molecule has 1 aromatic heterocycles. The van der Waals surface area contributed by atoms with Gasteiger partial charge in [0, 0.05) is 18.3 Å². The van der Waals surface area contributed by atoms with Crippen LogP contribution < -0.4 is 10.6 Å². The molecule has 0 aliphatic carbocycles. The lowest BCUT2D eigenvalue weighted by molar-refractivity contribution is -0.119. The standard InChI is InChI=1S/C17H17N5O2/c1-11(22-16-6-4-3-5-15(16)20-21-22)17(24)19-14-9-7-13(8-10-14)18-12(2)23/h3-11H,1-2H3,(H,18,23)(H,19,24). The first kappa shape index (κ1) is 15.7. The third kappa shape index (κ3) is 3.24. The maximum Gasteiger partial charge on any atom is 0.249 e. The number of carbonyl (C=O) groups excluding carboxylic acids is 2. The Kier molecular flexibility index (Phi) is 4.24. The van der Waals surface area contributed by atoms with E-state index in [1.54, 1.807) is 35.9 Å². The lowest BCUT2D eigenvalue weighted by atomic mass is 10.2. The van der Waals surface area contributed by atoms with Crippen LogP contribution in [-0.2, 0) is 9.59 Å². The molecule has 7 heteroatoms. The third-order valence-corrected chi connectivity index (χ3v) is 3.60. The van der Waals surface area contributed by atoms with Crippen LogP contribution >= 0.6 is 0 Å². The first-order chi connectivity index (χ1) is 11.5. The molecule has 0 aliphatic heterocycles. The van der Waals surface area contributed by atoms with Gasteiger partial charge in [-0.3, -0.25) is 9.59 Å². The summed E-state index contributed by atoms with van der Waals surface area (Å²) >= 11 is 0. The number of nitrogens with zero attached hydrogens (tertiary/aromatic N) is 3. The molecular formula is C17H17N5O2. The molecule has 24 heavy (non-hydrogen) atoms. The van der Waals surface area contributed by atoms with E-state index in [4.69, 9.17) is 0 Å². The Hall–Kier alpha value is -3.22. The number of para-hydroxylation sites is 1. The van der Waals surface area contributed by atoms with Crippen molar-refractivity contribution >= 4 is 34.2 Å². The molecule has 2 amide bonds. The fraction of sp³-hybridized carbons (Fsp3) is 0.176. The molecule has 3 rings (SSSR count). The first-order valence-corrected chi connectivity index (χ1v) is 7.53. The van der Waals surface area contributed by atoms with Crippen molar-refractivity contribution in [2.45, 2.75) is 19.9 Å². The van der Waals surface area contributed by atoms with E-state index in [1.807, 2.05) is 24.3 Å². The number of benzene rings is 2. The van der Waals surface area contributed by atoms with E-state index in [9.17, 15) is 9.59 Å². The highest BCUT2D eigenvalue weighted by atomic mass is 16.2. The minimum absolute atomic E-state index is 0.140. The number of anilines is 2. The van der Waals surface area contributed by atoms with Gasteiger partial charge in [-0.1, -0.05) is 17.3 Å². The molecule has 0 spiro atoms. The summed E-state index contributed by atoms with van der Waals surface area (Å²) < 4.78 is 1.59. The van der Waals surface area contributed by atoms with Gasteiger partial charge >= 0.3 is 0 Å². The number of hydrogen-bond acceptors (Lipinski definition) is 4. The van der Waals surface area contributed by atoms with Crippen LogP contribution in [0.5, 0.6) is 0 Å². The number of hydrogen-bond donors (Lipinski definition) is 2. The van der Waals surface area contributed by atoms with Crippen LogP contribution in [0.4, 0.5) is 11.4 Å².